The van der Waals surface area contributed by atoms with Crippen molar-refractivity contribution in [2.24, 2.45) is 0 Å². The Morgan fingerprint density at radius 3 is 2.14 bits per heavy atom. The first-order valence-electron chi connectivity index (χ1n) is 7.15. The number of nitrogens with one attached hydrogen (secondary N) is 1. The Balaban J connectivity index is 2.11. The molecule has 116 valence electrons. The maximum atomic E-state index is 12.3. The number of likely N-dealkylation sites (tertiary alicyclic amines) is 1. The number of hydrogen-bond acceptors (Lipinski definition) is 2. The number of alkyl halides is 3. The van der Waals surface area contributed by atoms with Crippen molar-refractivity contribution >= 4 is 40.7 Å². The van der Waals surface area contributed by atoms with Gasteiger partial charge in [0, 0.05) is 18.7 Å². The lowest BCUT2D eigenvalue weighted by molar-refractivity contribution is 0.0853. The van der Waals surface area contributed by atoms with E-state index in [4.69, 9.17) is 34.8 Å². The first-order chi connectivity index (χ1) is 9.98. The molecule has 1 aliphatic rings. The third kappa shape index (κ3) is 5.03. The summed E-state index contributed by atoms with van der Waals surface area (Å²) in [5.41, 5.74) is 0.562. The Labute approximate surface area is 140 Å². The molecule has 0 aromatic heterocycles. The fourth-order valence-corrected chi connectivity index (χ4v) is 3.11. The number of carbonyl (C=O) groups excluding carboxylic acids is 1. The third-order valence-corrected chi connectivity index (χ3v) is 4.24. The Morgan fingerprint density at radius 2 is 1.62 bits per heavy atom. The minimum Gasteiger partial charge on any atom is -0.332 e. The summed E-state index contributed by atoms with van der Waals surface area (Å²) < 4.78 is -1.56. The molecule has 1 N–H and O–H groups in total. The van der Waals surface area contributed by atoms with E-state index in [0.717, 1.165) is 25.9 Å². The van der Waals surface area contributed by atoms with Crippen molar-refractivity contribution in [1.82, 2.24) is 10.2 Å². The maximum absolute atomic E-state index is 12.3. The van der Waals surface area contributed by atoms with Gasteiger partial charge in [0.25, 0.3) is 5.91 Å². The van der Waals surface area contributed by atoms with Crippen molar-refractivity contribution < 1.29 is 4.79 Å². The lowest BCUT2D eigenvalue weighted by atomic mass is 10.2. The van der Waals surface area contributed by atoms with Gasteiger partial charge >= 0.3 is 0 Å². The minimum absolute atomic E-state index is 0.226. The number of amides is 1. The summed E-state index contributed by atoms with van der Waals surface area (Å²) in [5.74, 6) is -0.226. The van der Waals surface area contributed by atoms with E-state index >= 15 is 0 Å². The molecular formula is C15H19Cl3N2O. The molecule has 6 heteroatoms. The molecule has 1 saturated heterocycles. The van der Waals surface area contributed by atoms with E-state index in [1.165, 1.54) is 12.8 Å². The van der Waals surface area contributed by atoms with Crippen molar-refractivity contribution in [2.45, 2.75) is 35.6 Å². The zero-order valence-electron chi connectivity index (χ0n) is 11.7. The van der Waals surface area contributed by atoms with Gasteiger partial charge in [-0.05, 0) is 25.0 Å². The topological polar surface area (TPSA) is 32.3 Å². The molecule has 0 unspecified atom stereocenters. The van der Waals surface area contributed by atoms with E-state index in [1.807, 2.05) is 18.2 Å². The van der Waals surface area contributed by atoms with E-state index in [-0.39, 0.29) is 5.91 Å². The average molecular weight is 350 g/mol. The Hall–Kier alpha value is -0.480. The van der Waals surface area contributed by atoms with Gasteiger partial charge in [-0.3, -0.25) is 9.69 Å². The molecule has 3 nitrogen and oxygen atoms in total. The molecule has 0 aliphatic carbocycles. The van der Waals surface area contributed by atoms with Crippen LogP contribution in [-0.4, -0.2) is 33.9 Å². The van der Waals surface area contributed by atoms with Gasteiger partial charge in [0.1, 0.15) is 6.17 Å². The number of hydrogen-bond donors (Lipinski definition) is 1. The van der Waals surface area contributed by atoms with Crippen molar-refractivity contribution in [3.05, 3.63) is 35.9 Å². The van der Waals surface area contributed by atoms with Gasteiger partial charge in [0.15, 0.2) is 0 Å². The second kappa shape index (κ2) is 7.68. The molecule has 1 aromatic rings. The second-order valence-corrected chi connectivity index (χ2v) is 7.60. The van der Waals surface area contributed by atoms with Crippen molar-refractivity contribution in [1.29, 1.82) is 0 Å². The van der Waals surface area contributed by atoms with Crippen molar-refractivity contribution in [2.75, 3.05) is 13.1 Å². The van der Waals surface area contributed by atoms with Gasteiger partial charge in [-0.15, -0.1) is 0 Å². The summed E-state index contributed by atoms with van der Waals surface area (Å²) in [6.45, 7) is 1.65. The standard InChI is InChI=1S/C15H19Cl3N2O/c16-15(17,18)14(20-10-6-1-2-7-11-20)19-13(21)12-8-4-3-5-9-12/h3-5,8-9,14H,1-2,6-7,10-11H2,(H,19,21)/t14-/m1/s1. The molecule has 1 aliphatic heterocycles. The highest BCUT2D eigenvalue weighted by Crippen LogP contribution is 2.33. The second-order valence-electron chi connectivity index (χ2n) is 5.23. The highest BCUT2D eigenvalue weighted by atomic mass is 35.6. The first-order valence-corrected chi connectivity index (χ1v) is 8.28. The molecule has 21 heavy (non-hydrogen) atoms. The van der Waals surface area contributed by atoms with Crippen LogP contribution in [0.25, 0.3) is 0 Å². The molecule has 1 amide bonds. The highest BCUT2D eigenvalue weighted by molar-refractivity contribution is 6.68. The summed E-state index contributed by atoms with van der Waals surface area (Å²) >= 11 is 18.3. The van der Waals surface area contributed by atoms with Crippen molar-refractivity contribution in [3.8, 4) is 0 Å². The largest absolute Gasteiger partial charge is 0.332 e. The van der Waals surface area contributed by atoms with Crippen LogP contribution in [0, 0.1) is 0 Å². The van der Waals surface area contributed by atoms with Gasteiger partial charge in [0.2, 0.25) is 3.79 Å². The molecule has 2 rings (SSSR count). The third-order valence-electron chi connectivity index (χ3n) is 3.62. The van der Waals surface area contributed by atoms with E-state index < -0.39 is 9.96 Å². The van der Waals surface area contributed by atoms with Crippen LogP contribution in [0.2, 0.25) is 0 Å². The lowest BCUT2D eigenvalue weighted by Crippen LogP contribution is -2.55. The average Bonchev–Trinajstić information content (AvgIpc) is 2.73. The van der Waals surface area contributed by atoms with Crippen LogP contribution in [0.4, 0.5) is 0 Å². The van der Waals surface area contributed by atoms with E-state index in [9.17, 15) is 4.79 Å². The number of halogens is 3. The van der Waals surface area contributed by atoms with Crippen LogP contribution >= 0.6 is 34.8 Å². The predicted molar refractivity (Wildman–Crippen MR) is 88.0 cm³/mol. The number of benzene rings is 1. The highest BCUT2D eigenvalue weighted by Gasteiger charge is 2.38. The van der Waals surface area contributed by atoms with Crippen LogP contribution in [-0.2, 0) is 0 Å². The van der Waals surface area contributed by atoms with E-state index in [2.05, 4.69) is 10.2 Å². The van der Waals surface area contributed by atoms with Crippen LogP contribution in [0.5, 0.6) is 0 Å². The number of nitrogens with zero attached hydrogens (tertiary/aromatic N) is 1. The molecule has 1 aromatic carbocycles. The lowest BCUT2D eigenvalue weighted by Gasteiger charge is -2.35. The Bertz CT molecular complexity index is 454. The zero-order valence-corrected chi connectivity index (χ0v) is 14.0. The maximum Gasteiger partial charge on any atom is 0.252 e. The normalized spacial score (nSPS) is 18.8. The molecule has 0 radical (unpaired) electrons. The van der Waals surface area contributed by atoms with Gasteiger partial charge < -0.3 is 5.32 Å². The monoisotopic (exact) mass is 348 g/mol. The Kier molecular flexibility index (Phi) is 6.18. The quantitative estimate of drug-likeness (QED) is 0.837. The van der Waals surface area contributed by atoms with Gasteiger partial charge in [-0.1, -0.05) is 65.8 Å². The van der Waals surface area contributed by atoms with Crippen molar-refractivity contribution in [3.63, 3.8) is 0 Å². The smallest absolute Gasteiger partial charge is 0.252 e. The summed E-state index contributed by atoms with van der Waals surface area (Å²) in [4.78, 5) is 14.4. The summed E-state index contributed by atoms with van der Waals surface area (Å²) in [6, 6.07) is 8.97. The van der Waals surface area contributed by atoms with Gasteiger partial charge in [-0.2, -0.15) is 0 Å². The number of carbonyl (C=O) groups is 1. The van der Waals surface area contributed by atoms with Gasteiger partial charge in [0.05, 0.1) is 0 Å². The minimum atomic E-state index is -1.56. The fourth-order valence-electron chi connectivity index (χ4n) is 2.53. The van der Waals surface area contributed by atoms with E-state index in [1.54, 1.807) is 12.1 Å². The summed E-state index contributed by atoms with van der Waals surface area (Å²) in [7, 11) is 0. The number of rotatable bonds is 3. The van der Waals surface area contributed by atoms with Crippen LogP contribution in [0.3, 0.4) is 0 Å². The summed E-state index contributed by atoms with van der Waals surface area (Å²) in [5, 5.41) is 2.86. The first kappa shape index (κ1) is 16.9. The summed E-state index contributed by atoms with van der Waals surface area (Å²) in [6.07, 6.45) is 3.84. The molecule has 0 spiro atoms. The molecule has 0 bridgehead atoms. The van der Waals surface area contributed by atoms with Crippen LogP contribution in [0.15, 0.2) is 30.3 Å². The molecular weight excluding hydrogens is 331 g/mol. The molecule has 1 atom stereocenters. The zero-order chi connectivity index (χ0) is 15.3. The van der Waals surface area contributed by atoms with Gasteiger partial charge in [-0.25, -0.2) is 0 Å². The molecule has 1 heterocycles. The van der Waals surface area contributed by atoms with E-state index in [0.29, 0.717) is 5.56 Å². The molecule has 0 saturated carbocycles. The fraction of sp³-hybridized carbons (Fsp3) is 0.533. The Morgan fingerprint density at radius 1 is 1.05 bits per heavy atom. The molecule has 1 fully saturated rings. The van der Waals surface area contributed by atoms with Crippen LogP contribution in [0.1, 0.15) is 36.0 Å². The SMILES string of the molecule is O=C(N[C@H](N1CCCCCC1)C(Cl)(Cl)Cl)c1ccccc1. The predicted octanol–water partition coefficient (Wildman–Crippen LogP) is 3.99. The van der Waals surface area contributed by atoms with Crippen LogP contribution < -0.4 is 5.32 Å².